The van der Waals surface area contributed by atoms with Crippen LogP contribution in [0.25, 0.3) is 11.5 Å². The van der Waals surface area contributed by atoms with Gasteiger partial charge in [-0.05, 0) is 6.92 Å². The molecule has 0 spiro atoms. The zero-order valence-corrected chi connectivity index (χ0v) is 10.7. The van der Waals surface area contributed by atoms with Crippen molar-refractivity contribution in [2.45, 2.75) is 13.5 Å². The monoisotopic (exact) mass is 253 g/mol. The van der Waals surface area contributed by atoms with Crippen molar-refractivity contribution < 1.29 is 9.15 Å². The second-order valence-electron chi connectivity index (χ2n) is 3.55. The first kappa shape index (κ1) is 12.2. The lowest BCUT2D eigenvalue weighted by Gasteiger charge is -2.02. The number of hydrogen-bond donors (Lipinski definition) is 1. The number of aryl methyl sites for hydroxylation is 1. The molecular formula is C11H15N3O2S. The van der Waals surface area contributed by atoms with Gasteiger partial charge < -0.3 is 14.5 Å². The van der Waals surface area contributed by atoms with Crippen LogP contribution in [0.5, 0.6) is 0 Å². The molecule has 0 saturated carbocycles. The molecule has 0 aliphatic rings. The van der Waals surface area contributed by atoms with E-state index in [0.717, 1.165) is 28.7 Å². The molecule has 2 rings (SSSR count). The maximum absolute atomic E-state index is 5.38. The van der Waals surface area contributed by atoms with Gasteiger partial charge in [-0.3, -0.25) is 0 Å². The predicted molar refractivity (Wildman–Crippen MR) is 65.9 cm³/mol. The fourth-order valence-corrected chi connectivity index (χ4v) is 2.05. The molecule has 0 saturated heterocycles. The van der Waals surface area contributed by atoms with E-state index in [0.29, 0.717) is 13.2 Å². The van der Waals surface area contributed by atoms with Crippen LogP contribution in [0.15, 0.2) is 16.2 Å². The Morgan fingerprint density at radius 2 is 2.41 bits per heavy atom. The van der Waals surface area contributed by atoms with E-state index in [-0.39, 0.29) is 0 Å². The molecule has 92 valence electrons. The van der Waals surface area contributed by atoms with Crippen LogP contribution in [-0.4, -0.2) is 30.2 Å². The molecule has 0 fully saturated rings. The van der Waals surface area contributed by atoms with Gasteiger partial charge in [0.25, 0.3) is 0 Å². The third-order valence-electron chi connectivity index (χ3n) is 2.27. The Kier molecular flexibility index (Phi) is 4.24. The fraction of sp³-hybridized carbons (Fsp3) is 0.455. The summed E-state index contributed by atoms with van der Waals surface area (Å²) in [5.41, 5.74) is 1.74. The molecule has 0 atom stereocenters. The van der Waals surface area contributed by atoms with Crippen LogP contribution in [0.2, 0.25) is 0 Å². The lowest BCUT2D eigenvalue weighted by Crippen LogP contribution is -2.19. The predicted octanol–water partition coefficient (Wildman–Crippen LogP) is 1.84. The molecule has 0 radical (unpaired) electrons. The van der Waals surface area contributed by atoms with Gasteiger partial charge in [-0.15, -0.1) is 11.3 Å². The molecule has 2 aromatic rings. The largest absolute Gasteiger partial charge is 0.441 e. The zero-order valence-electron chi connectivity index (χ0n) is 9.90. The quantitative estimate of drug-likeness (QED) is 0.796. The highest BCUT2D eigenvalue weighted by Crippen LogP contribution is 2.24. The van der Waals surface area contributed by atoms with Crippen molar-refractivity contribution in [2.24, 2.45) is 0 Å². The summed E-state index contributed by atoms with van der Waals surface area (Å²) in [6.45, 7) is 4.11. The lowest BCUT2D eigenvalue weighted by molar-refractivity contribution is 0.199. The number of hydrogen-bond acceptors (Lipinski definition) is 6. The van der Waals surface area contributed by atoms with E-state index in [1.807, 2.05) is 12.3 Å². The summed E-state index contributed by atoms with van der Waals surface area (Å²) in [6, 6.07) is 0. The summed E-state index contributed by atoms with van der Waals surface area (Å²) in [5, 5.41) is 6.24. The van der Waals surface area contributed by atoms with Gasteiger partial charge >= 0.3 is 0 Å². The maximum atomic E-state index is 5.38. The van der Waals surface area contributed by atoms with Crippen LogP contribution in [0.1, 0.15) is 10.7 Å². The van der Waals surface area contributed by atoms with E-state index < -0.39 is 0 Å². The molecule has 0 aromatic carbocycles. The number of aromatic nitrogens is 2. The van der Waals surface area contributed by atoms with Crippen LogP contribution >= 0.6 is 11.3 Å². The van der Waals surface area contributed by atoms with Crippen LogP contribution in [0.3, 0.4) is 0 Å². The molecule has 2 aromatic heterocycles. The molecule has 0 bridgehead atoms. The summed E-state index contributed by atoms with van der Waals surface area (Å²) in [4.78, 5) is 8.58. The third-order valence-corrected chi connectivity index (χ3v) is 3.04. The molecular weight excluding hydrogens is 238 g/mol. The molecule has 0 amide bonds. The Morgan fingerprint density at radius 3 is 3.12 bits per heavy atom. The Labute approximate surface area is 104 Å². The minimum Gasteiger partial charge on any atom is -0.441 e. The second-order valence-corrected chi connectivity index (χ2v) is 4.61. The van der Waals surface area contributed by atoms with Gasteiger partial charge in [0.15, 0.2) is 12.2 Å². The van der Waals surface area contributed by atoms with Crippen molar-refractivity contribution in [3.8, 4) is 11.5 Å². The highest BCUT2D eigenvalue weighted by molar-refractivity contribution is 7.09. The van der Waals surface area contributed by atoms with Crippen molar-refractivity contribution in [1.82, 2.24) is 15.3 Å². The molecule has 6 heteroatoms. The van der Waals surface area contributed by atoms with E-state index in [9.17, 15) is 0 Å². The van der Waals surface area contributed by atoms with Crippen molar-refractivity contribution in [2.75, 3.05) is 20.3 Å². The normalized spacial score (nSPS) is 10.9. The molecule has 0 aliphatic heterocycles. The summed E-state index contributed by atoms with van der Waals surface area (Å²) in [5.74, 6) is 0.749. The first-order valence-electron chi connectivity index (χ1n) is 5.35. The average Bonchev–Trinajstić information content (AvgIpc) is 2.93. The standard InChI is InChI=1S/C11H15N3O2S/c1-8-14-10(6-17-8)11-9(13-7-16-11)5-12-3-4-15-2/h6-7,12H,3-5H2,1-2H3. The summed E-state index contributed by atoms with van der Waals surface area (Å²) in [6.07, 6.45) is 1.46. The molecule has 0 aliphatic carbocycles. The Bertz CT molecular complexity index is 467. The Morgan fingerprint density at radius 1 is 1.53 bits per heavy atom. The molecule has 2 heterocycles. The molecule has 1 N–H and O–H groups in total. The molecule has 5 nitrogen and oxygen atoms in total. The molecule has 0 unspecified atom stereocenters. The van der Waals surface area contributed by atoms with E-state index in [1.54, 1.807) is 18.4 Å². The average molecular weight is 253 g/mol. The third kappa shape index (κ3) is 3.12. The second kappa shape index (κ2) is 5.90. The van der Waals surface area contributed by atoms with Gasteiger partial charge in [0.2, 0.25) is 0 Å². The minimum absolute atomic E-state index is 0.658. The lowest BCUT2D eigenvalue weighted by atomic mass is 10.3. The first-order valence-corrected chi connectivity index (χ1v) is 6.23. The SMILES string of the molecule is COCCNCc1ncoc1-c1csc(C)n1. The van der Waals surface area contributed by atoms with Crippen LogP contribution in [0.4, 0.5) is 0 Å². The number of rotatable bonds is 6. The van der Waals surface area contributed by atoms with E-state index >= 15 is 0 Å². The zero-order chi connectivity index (χ0) is 12.1. The van der Waals surface area contributed by atoms with Crippen LogP contribution in [-0.2, 0) is 11.3 Å². The summed E-state index contributed by atoms with van der Waals surface area (Å²) in [7, 11) is 1.68. The van der Waals surface area contributed by atoms with Gasteiger partial charge in [-0.25, -0.2) is 9.97 Å². The summed E-state index contributed by atoms with van der Waals surface area (Å²) < 4.78 is 10.3. The van der Waals surface area contributed by atoms with Crippen molar-refractivity contribution in [3.63, 3.8) is 0 Å². The van der Waals surface area contributed by atoms with Crippen molar-refractivity contribution in [1.29, 1.82) is 0 Å². The highest BCUT2D eigenvalue weighted by atomic mass is 32.1. The first-order chi connectivity index (χ1) is 8.31. The van der Waals surface area contributed by atoms with Crippen molar-refractivity contribution >= 4 is 11.3 Å². The number of nitrogens with zero attached hydrogens (tertiary/aromatic N) is 2. The smallest absolute Gasteiger partial charge is 0.181 e. The maximum Gasteiger partial charge on any atom is 0.181 e. The number of thiazole rings is 1. The van der Waals surface area contributed by atoms with Gasteiger partial charge in [0.1, 0.15) is 11.4 Å². The Balaban J connectivity index is 2.02. The number of methoxy groups -OCH3 is 1. The van der Waals surface area contributed by atoms with Gasteiger partial charge in [0.05, 0.1) is 11.6 Å². The van der Waals surface area contributed by atoms with Crippen molar-refractivity contribution in [3.05, 3.63) is 22.5 Å². The van der Waals surface area contributed by atoms with Gasteiger partial charge in [-0.2, -0.15) is 0 Å². The van der Waals surface area contributed by atoms with Gasteiger partial charge in [0, 0.05) is 25.6 Å². The Hall–Kier alpha value is -1.24. The highest BCUT2D eigenvalue weighted by Gasteiger charge is 2.12. The van der Waals surface area contributed by atoms with E-state index in [2.05, 4.69) is 15.3 Å². The topological polar surface area (TPSA) is 60.2 Å². The fourth-order valence-electron chi connectivity index (χ4n) is 1.45. The van der Waals surface area contributed by atoms with E-state index in [4.69, 9.17) is 9.15 Å². The molecule has 17 heavy (non-hydrogen) atoms. The van der Waals surface area contributed by atoms with Crippen LogP contribution < -0.4 is 5.32 Å². The van der Waals surface area contributed by atoms with Crippen LogP contribution in [0, 0.1) is 6.92 Å². The van der Waals surface area contributed by atoms with E-state index in [1.165, 1.54) is 6.39 Å². The van der Waals surface area contributed by atoms with Gasteiger partial charge in [-0.1, -0.05) is 0 Å². The number of oxazole rings is 1. The number of ether oxygens (including phenoxy) is 1. The summed E-state index contributed by atoms with van der Waals surface area (Å²) >= 11 is 1.60. The minimum atomic E-state index is 0.658. The number of nitrogens with one attached hydrogen (secondary N) is 1.